The van der Waals surface area contributed by atoms with Gasteiger partial charge in [-0.2, -0.15) is 0 Å². The molecular weight excluding hydrogens is 409 g/mol. The molecule has 0 radical (unpaired) electrons. The van der Waals surface area contributed by atoms with E-state index in [0.29, 0.717) is 35.0 Å². The van der Waals surface area contributed by atoms with E-state index in [4.69, 9.17) is 16.3 Å². The first-order valence-electron chi connectivity index (χ1n) is 9.97. The number of halogens is 2. The number of pyridine rings is 2. The van der Waals surface area contributed by atoms with Crippen LogP contribution >= 0.6 is 11.6 Å². The Morgan fingerprint density at radius 2 is 2.13 bits per heavy atom. The number of aromatic hydroxyl groups is 1. The molecule has 0 unspecified atom stereocenters. The van der Waals surface area contributed by atoms with E-state index in [1.165, 1.54) is 22.8 Å². The van der Waals surface area contributed by atoms with Gasteiger partial charge in [-0.1, -0.05) is 24.6 Å². The minimum Gasteiger partial charge on any atom is -0.507 e. The molecule has 2 atom stereocenters. The van der Waals surface area contributed by atoms with Crippen molar-refractivity contribution < 1.29 is 14.2 Å². The van der Waals surface area contributed by atoms with E-state index in [0.717, 1.165) is 19.4 Å². The van der Waals surface area contributed by atoms with Gasteiger partial charge in [0.2, 0.25) is 5.75 Å². The number of aryl methyl sites for hydroxylation is 1. The first-order chi connectivity index (χ1) is 14.4. The molecule has 0 saturated carbocycles. The van der Waals surface area contributed by atoms with E-state index in [2.05, 4.69) is 16.8 Å². The average molecular weight is 430 g/mol. The van der Waals surface area contributed by atoms with Crippen LogP contribution in [-0.4, -0.2) is 33.9 Å². The highest BCUT2D eigenvalue weighted by molar-refractivity contribution is 6.34. The number of ether oxygens (including phenoxy) is 1. The molecule has 1 N–H and O–H groups in total. The number of phenols is 1. The largest absolute Gasteiger partial charge is 0.507 e. The third-order valence-corrected chi connectivity index (χ3v) is 6.41. The maximum absolute atomic E-state index is 14.5. The van der Waals surface area contributed by atoms with Crippen LogP contribution in [0.2, 0.25) is 5.02 Å². The van der Waals surface area contributed by atoms with Crippen LogP contribution in [-0.2, 0) is 7.05 Å². The summed E-state index contributed by atoms with van der Waals surface area (Å²) in [5.41, 5.74) is 0.774. The highest BCUT2D eigenvalue weighted by atomic mass is 35.5. The molecule has 156 valence electrons. The van der Waals surface area contributed by atoms with E-state index >= 15 is 0 Å². The minimum atomic E-state index is -0.639. The number of hydrogen-bond donors (Lipinski definition) is 1. The Kier molecular flexibility index (Phi) is 4.39. The van der Waals surface area contributed by atoms with Gasteiger partial charge in [0.1, 0.15) is 23.8 Å². The fourth-order valence-corrected chi connectivity index (χ4v) is 4.80. The van der Waals surface area contributed by atoms with Crippen LogP contribution in [0.4, 0.5) is 10.1 Å². The molecule has 1 saturated heterocycles. The molecule has 6 nitrogen and oxygen atoms in total. The Bertz CT molecular complexity index is 1220. The van der Waals surface area contributed by atoms with Crippen LogP contribution in [0.15, 0.2) is 29.1 Å². The van der Waals surface area contributed by atoms with Gasteiger partial charge in [-0.25, -0.2) is 9.37 Å². The molecule has 3 aromatic rings. The molecule has 4 heterocycles. The lowest BCUT2D eigenvalue weighted by molar-refractivity contribution is 0.222. The number of hydrogen-bond acceptors (Lipinski definition) is 5. The van der Waals surface area contributed by atoms with Crippen molar-refractivity contribution >= 4 is 28.3 Å². The monoisotopic (exact) mass is 429 g/mol. The first-order valence-corrected chi connectivity index (χ1v) is 10.3. The third-order valence-electron chi connectivity index (χ3n) is 6.12. The number of nitrogens with zero attached hydrogens (tertiary/aromatic N) is 3. The second-order valence-corrected chi connectivity index (χ2v) is 8.57. The molecule has 0 bridgehead atoms. The van der Waals surface area contributed by atoms with Gasteiger partial charge < -0.3 is 14.7 Å². The van der Waals surface area contributed by atoms with Gasteiger partial charge in [-0.05, 0) is 37.0 Å². The van der Waals surface area contributed by atoms with Crippen molar-refractivity contribution in [1.82, 2.24) is 9.55 Å². The second-order valence-electron chi connectivity index (χ2n) is 8.17. The quantitative estimate of drug-likeness (QED) is 0.631. The van der Waals surface area contributed by atoms with Gasteiger partial charge in [0.05, 0.1) is 28.0 Å². The summed E-state index contributed by atoms with van der Waals surface area (Å²) in [5, 5.41) is 11.1. The zero-order chi connectivity index (χ0) is 21.2. The van der Waals surface area contributed by atoms with Crippen molar-refractivity contribution in [2.24, 2.45) is 13.0 Å². The van der Waals surface area contributed by atoms with E-state index in [-0.39, 0.29) is 33.6 Å². The molecule has 2 aliphatic rings. The summed E-state index contributed by atoms with van der Waals surface area (Å²) in [6.07, 6.45) is 2.10. The smallest absolute Gasteiger partial charge is 0.296 e. The number of benzene rings is 1. The van der Waals surface area contributed by atoms with Crippen LogP contribution in [0.3, 0.4) is 0 Å². The van der Waals surface area contributed by atoms with E-state index in [1.54, 1.807) is 13.1 Å². The summed E-state index contributed by atoms with van der Waals surface area (Å²) in [6, 6.07) is 5.90. The molecule has 0 amide bonds. The van der Waals surface area contributed by atoms with Gasteiger partial charge in [0.15, 0.2) is 0 Å². The standard InChI is InChI=1S/C22H21ClFN3O3/c1-11-6-7-12-10-30-20-19(27(12)9-11)13-8-14(23)18(25-21(13)26(2)22(20)29)17-15(24)4-3-5-16(17)28/h3-5,8,11-12,28H,6-7,9-10H2,1-2H3/t11-,12+/m0/s1. The Balaban J connectivity index is 1.81. The number of anilines is 1. The maximum atomic E-state index is 14.5. The second kappa shape index (κ2) is 6.87. The van der Waals surface area contributed by atoms with Crippen LogP contribution in [0.25, 0.3) is 22.3 Å². The summed E-state index contributed by atoms with van der Waals surface area (Å²) < 4.78 is 21.8. The highest BCUT2D eigenvalue weighted by Gasteiger charge is 2.36. The Labute approximate surface area is 177 Å². The summed E-state index contributed by atoms with van der Waals surface area (Å²) in [5.74, 6) is -0.112. The summed E-state index contributed by atoms with van der Waals surface area (Å²) >= 11 is 6.53. The Morgan fingerprint density at radius 3 is 2.90 bits per heavy atom. The van der Waals surface area contributed by atoms with Gasteiger partial charge in [0.25, 0.3) is 5.56 Å². The van der Waals surface area contributed by atoms with Crippen molar-refractivity contribution in [2.75, 3.05) is 18.1 Å². The first kappa shape index (κ1) is 19.2. The van der Waals surface area contributed by atoms with Crippen molar-refractivity contribution in [2.45, 2.75) is 25.8 Å². The lowest BCUT2D eigenvalue weighted by Crippen LogP contribution is -2.50. The van der Waals surface area contributed by atoms with Crippen LogP contribution in [0.1, 0.15) is 19.8 Å². The van der Waals surface area contributed by atoms with Gasteiger partial charge in [0, 0.05) is 19.0 Å². The molecule has 8 heteroatoms. The summed E-state index contributed by atoms with van der Waals surface area (Å²) in [4.78, 5) is 19.8. The minimum absolute atomic E-state index is 0.0877. The number of phenolic OH excluding ortho intramolecular Hbond substituents is 1. The molecular formula is C22H21ClFN3O3. The van der Waals surface area contributed by atoms with Crippen molar-refractivity contribution in [1.29, 1.82) is 0 Å². The highest BCUT2D eigenvalue weighted by Crippen LogP contribution is 2.43. The van der Waals surface area contributed by atoms with Crippen molar-refractivity contribution in [3.05, 3.63) is 45.5 Å². The lowest BCUT2D eigenvalue weighted by Gasteiger charge is -2.44. The SMILES string of the molecule is C[C@H]1CC[C@@H]2COc3c(c4cc(Cl)c(-c5c(O)cccc5F)nc4n(C)c3=O)N2C1. The predicted octanol–water partition coefficient (Wildman–Crippen LogP) is 4.10. The zero-order valence-corrected chi connectivity index (χ0v) is 17.4. The predicted molar refractivity (Wildman–Crippen MR) is 114 cm³/mol. The number of piperidine rings is 1. The number of fused-ring (bicyclic) bond motifs is 5. The van der Waals surface area contributed by atoms with Gasteiger partial charge in [-0.15, -0.1) is 0 Å². The third kappa shape index (κ3) is 2.75. The number of aromatic nitrogens is 2. The zero-order valence-electron chi connectivity index (χ0n) is 16.7. The maximum Gasteiger partial charge on any atom is 0.296 e. The molecule has 0 aliphatic carbocycles. The molecule has 1 aromatic carbocycles. The fraction of sp³-hybridized carbons (Fsp3) is 0.364. The topological polar surface area (TPSA) is 67.6 Å². The lowest BCUT2D eigenvalue weighted by atomic mass is 9.92. The van der Waals surface area contributed by atoms with Crippen LogP contribution < -0.4 is 15.2 Å². The van der Waals surface area contributed by atoms with Crippen molar-refractivity contribution in [3.8, 4) is 22.8 Å². The van der Waals surface area contributed by atoms with Gasteiger partial charge >= 0.3 is 0 Å². The molecule has 30 heavy (non-hydrogen) atoms. The summed E-state index contributed by atoms with van der Waals surface area (Å²) in [6.45, 7) is 3.48. The molecule has 0 spiro atoms. The Hall–Kier alpha value is -2.80. The van der Waals surface area contributed by atoms with E-state index in [9.17, 15) is 14.3 Å². The van der Waals surface area contributed by atoms with Crippen molar-refractivity contribution in [3.63, 3.8) is 0 Å². The van der Waals surface area contributed by atoms with Gasteiger partial charge in [-0.3, -0.25) is 9.36 Å². The Morgan fingerprint density at radius 1 is 1.33 bits per heavy atom. The van der Waals surface area contributed by atoms with E-state index < -0.39 is 5.82 Å². The molecule has 2 aromatic heterocycles. The van der Waals surface area contributed by atoms with Crippen LogP contribution in [0.5, 0.6) is 11.5 Å². The molecule has 2 aliphatic heterocycles. The van der Waals surface area contributed by atoms with E-state index in [1.807, 2.05) is 0 Å². The molecule has 1 fully saturated rings. The summed E-state index contributed by atoms with van der Waals surface area (Å²) in [7, 11) is 1.60. The normalized spacial score (nSPS) is 20.6. The average Bonchev–Trinajstić information content (AvgIpc) is 2.71. The van der Waals surface area contributed by atoms with Crippen LogP contribution in [0, 0.1) is 11.7 Å². The molecule has 5 rings (SSSR count). The fourth-order valence-electron chi connectivity index (χ4n) is 4.55. The number of rotatable bonds is 1.